The van der Waals surface area contributed by atoms with E-state index < -0.39 is 0 Å². The summed E-state index contributed by atoms with van der Waals surface area (Å²) in [6.07, 6.45) is 0. The zero-order valence-electron chi connectivity index (χ0n) is 4.65. The Labute approximate surface area is 78.8 Å². The average Bonchev–Trinajstić information content (AvgIpc) is 1.69. The fraction of sp³-hybridized carbons (Fsp3) is 0. The summed E-state index contributed by atoms with van der Waals surface area (Å²) < 4.78 is 0. The Morgan fingerprint density at radius 2 is 1.33 bits per heavy atom. The molecular formula is C6H7Br2P. The lowest BCUT2D eigenvalue weighted by Crippen LogP contribution is -1.82. The Balaban J connectivity index is 0. The molecule has 0 spiro atoms. The van der Waals surface area contributed by atoms with Crippen molar-refractivity contribution in [1.29, 1.82) is 0 Å². The van der Waals surface area contributed by atoms with Crippen molar-refractivity contribution in [2.45, 2.75) is 0 Å². The van der Waals surface area contributed by atoms with E-state index in [1.807, 2.05) is 30.3 Å². The topological polar surface area (TPSA) is 0 Å². The van der Waals surface area contributed by atoms with Gasteiger partial charge in [0.15, 0.2) is 0 Å². The standard InChI is InChI=1S/C6H5P.2BrH/c7-6-4-2-1-3-5-6;;/h1-5H;2*1H. The molecule has 0 aliphatic carbocycles. The number of hydrogen-bond acceptors (Lipinski definition) is 0. The molecule has 0 aromatic heterocycles. The van der Waals surface area contributed by atoms with Crippen molar-refractivity contribution in [2.75, 3.05) is 0 Å². The van der Waals surface area contributed by atoms with Gasteiger partial charge in [0.2, 0.25) is 0 Å². The molecule has 1 aromatic carbocycles. The molecule has 3 heteroatoms. The molecule has 0 amide bonds. The van der Waals surface area contributed by atoms with Gasteiger partial charge >= 0.3 is 0 Å². The highest BCUT2D eigenvalue weighted by molar-refractivity contribution is 8.93. The van der Waals surface area contributed by atoms with Gasteiger partial charge in [-0.3, -0.25) is 0 Å². The molecule has 0 fully saturated rings. The van der Waals surface area contributed by atoms with Crippen LogP contribution in [0.2, 0.25) is 0 Å². The Kier molecular flexibility index (Phi) is 9.19. The second-order valence-corrected chi connectivity index (χ2v) is 1.85. The van der Waals surface area contributed by atoms with Crippen molar-refractivity contribution >= 4 is 48.5 Å². The maximum absolute atomic E-state index is 4.08. The van der Waals surface area contributed by atoms with Crippen molar-refractivity contribution in [3.8, 4) is 0 Å². The summed E-state index contributed by atoms with van der Waals surface area (Å²) in [5, 5.41) is 1.02. The van der Waals surface area contributed by atoms with Gasteiger partial charge in [-0.2, -0.15) is 0 Å². The molecule has 0 unspecified atom stereocenters. The molecule has 1 rings (SSSR count). The highest BCUT2D eigenvalue weighted by atomic mass is 79.9. The Bertz CT molecular complexity index is 141. The molecule has 0 saturated carbocycles. The summed E-state index contributed by atoms with van der Waals surface area (Å²) in [6, 6.07) is 9.79. The summed E-state index contributed by atoms with van der Waals surface area (Å²) in [5.41, 5.74) is 0. The summed E-state index contributed by atoms with van der Waals surface area (Å²) in [7, 11) is 4.08. The lowest BCUT2D eigenvalue weighted by molar-refractivity contribution is 1.78. The molecule has 0 aliphatic heterocycles. The first-order valence-corrected chi connectivity index (χ1v) is 2.58. The number of halogens is 2. The first-order chi connectivity index (χ1) is 3.39. The minimum atomic E-state index is 0. The van der Waals surface area contributed by atoms with E-state index >= 15 is 0 Å². The van der Waals surface area contributed by atoms with Crippen molar-refractivity contribution < 1.29 is 0 Å². The monoisotopic (exact) mass is 268 g/mol. The van der Waals surface area contributed by atoms with Crippen LogP contribution in [0.1, 0.15) is 0 Å². The van der Waals surface area contributed by atoms with E-state index in [-0.39, 0.29) is 34.0 Å². The van der Waals surface area contributed by atoms with E-state index in [9.17, 15) is 0 Å². The molecule has 0 bridgehead atoms. The van der Waals surface area contributed by atoms with Gasteiger partial charge in [-0.1, -0.05) is 30.3 Å². The van der Waals surface area contributed by atoms with Gasteiger partial charge in [-0.25, -0.2) is 0 Å². The fourth-order valence-corrected chi connectivity index (χ4v) is 0.600. The molecule has 0 heterocycles. The average molecular weight is 270 g/mol. The van der Waals surface area contributed by atoms with Crippen LogP contribution in [0.4, 0.5) is 0 Å². The van der Waals surface area contributed by atoms with Crippen molar-refractivity contribution in [1.82, 2.24) is 0 Å². The van der Waals surface area contributed by atoms with Crippen LogP contribution >= 0.6 is 43.2 Å². The van der Waals surface area contributed by atoms with Gasteiger partial charge in [0.25, 0.3) is 0 Å². The largest absolute Gasteiger partial charge is 0.114 e. The summed E-state index contributed by atoms with van der Waals surface area (Å²) in [6.45, 7) is 0. The van der Waals surface area contributed by atoms with Crippen molar-refractivity contribution in [3.63, 3.8) is 0 Å². The van der Waals surface area contributed by atoms with E-state index in [0.29, 0.717) is 0 Å². The second kappa shape index (κ2) is 6.73. The van der Waals surface area contributed by atoms with E-state index in [0.717, 1.165) is 5.30 Å². The maximum Gasteiger partial charge on any atom is -0.00563 e. The van der Waals surface area contributed by atoms with Crippen LogP contribution in [0.5, 0.6) is 0 Å². The third-order valence-corrected chi connectivity index (χ3v) is 1.05. The minimum Gasteiger partial charge on any atom is -0.114 e. The number of rotatable bonds is 0. The molecule has 0 aliphatic rings. The van der Waals surface area contributed by atoms with Gasteiger partial charge in [0.1, 0.15) is 0 Å². The molecular weight excluding hydrogens is 263 g/mol. The van der Waals surface area contributed by atoms with E-state index in [1.165, 1.54) is 0 Å². The highest BCUT2D eigenvalue weighted by Crippen LogP contribution is 1.86. The second-order valence-electron chi connectivity index (χ2n) is 1.34. The fourth-order valence-electron chi connectivity index (χ4n) is 0.428. The van der Waals surface area contributed by atoms with Crippen LogP contribution in [0.25, 0.3) is 0 Å². The smallest absolute Gasteiger partial charge is 0.00563 e. The van der Waals surface area contributed by atoms with Crippen LogP contribution in [0.3, 0.4) is 0 Å². The Morgan fingerprint density at radius 1 is 0.889 bits per heavy atom. The third-order valence-electron chi connectivity index (χ3n) is 0.756. The SMILES string of the molecule is Br.Br.[P]c1ccccc1. The van der Waals surface area contributed by atoms with Crippen LogP contribution in [0.15, 0.2) is 30.3 Å². The number of hydrogen-bond donors (Lipinski definition) is 0. The van der Waals surface area contributed by atoms with E-state index in [2.05, 4.69) is 9.24 Å². The summed E-state index contributed by atoms with van der Waals surface area (Å²) in [4.78, 5) is 0. The predicted molar refractivity (Wildman–Crippen MR) is 53.6 cm³/mol. The highest BCUT2D eigenvalue weighted by Gasteiger charge is 1.73. The van der Waals surface area contributed by atoms with Crippen molar-refractivity contribution in [3.05, 3.63) is 30.3 Å². The predicted octanol–water partition coefficient (Wildman–Crippen LogP) is 2.88. The van der Waals surface area contributed by atoms with Gasteiger partial charge in [-0.05, 0) is 14.5 Å². The van der Waals surface area contributed by atoms with Gasteiger partial charge in [0.05, 0.1) is 0 Å². The lowest BCUT2D eigenvalue weighted by atomic mass is 10.4. The molecule has 0 N–H and O–H groups in total. The summed E-state index contributed by atoms with van der Waals surface area (Å²) >= 11 is 0. The molecule has 0 atom stereocenters. The van der Waals surface area contributed by atoms with Crippen LogP contribution in [-0.4, -0.2) is 0 Å². The molecule has 0 nitrogen and oxygen atoms in total. The third kappa shape index (κ3) is 5.07. The van der Waals surface area contributed by atoms with Crippen LogP contribution < -0.4 is 5.30 Å². The molecule has 50 valence electrons. The van der Waals surface area contributed by atoms with Crippen molar-refractivity contribution in [2.24, 2.45) is 0 Å². The molecule has 9 heavy (non-hydrogen) atoms. The van der Waals surface area contributed by atoms with Gasteiger partial charge < -0.3 is 0 Å². The molecule has 1 aromatic rings. The first-order valence-electron chi connectivity index (χ1n) is 2.13. The zero-order chi connectivity index (χ0) is 5.11. The van der Waals surface area contributed by atoms with Gasteiger partial charge in [-0.15, -0.1) is 34.0 Å². The van der Waals surface area contributed by atoms with Gasteiger partial charge in [0, 0.05) is 0 Å². The quantitative estimate of drug-likeness (QED) is 0.636. The first kappa shape index (κ1) is 12.3. The zero-order valence-corrected chi connectivity index (χ0v) is 8.97. The molecule has 2 radical (unpaired) electrons. The van der Waals surface area contributed by atoms with Crippen LogP contribution in [-0.2, 0) is 0 Å². The number of benzene rings is 1. The lowest BCUT2D eigenvalue weighted by Gasteiger charge is -1.81. The van der Waals surface area contributed by atoms with E-state index in [4.69, 9.17) is 0 Å². The Morgan fingerprint density at radius 3 is 1.56 bits per heavy atom. The van der Waals surface area contributed by atoms with Crippen LogP contribution in [0, 0.1) is 0 Å². The summed E-state index contributed by atoms with van der Waals surface area (Å²) in [5.74, 6) is 0. The molecule has 0 saturated heterocycles. The normalized spacial score (nSPS) is 6.78. The minimum absolute atomic E-state index is 0. The van der Waals surface area contributed by atoms with E-state index in [1.54, 1.807) is 0 Å². The Hall–Kier alpha value is 0.610. The maximum atomic E-state index is 4.08.